The summed E-state index contributed by atoms with van der Waals surface area (Å²) in [6.45, 7) is 4.39. The van der Waals surface area contributed by atoms with Crippen LogP contribution in [0.25, 0.3) is 10.8 Å². The molecule has 1 aromatic heterocycles. The van der Waals surface area contributed by atoms with Gasteiger partial charge in [0.1, 0.15) is 5.82 Å². The summed E-state index contributed by atoms with van der Waals surface area (Å²) in [6, 6.07) is 8.22. The molecule has 0 amide bonds. The van der Waals surface area contributed by atoms with Crippen LogP contribution in [0.3, 0.4) is 0 Å². The van der Waals surface area contributed by atoms with Crippen LogP contribution in [0.15, 0.2) is 30.5 Å². The van der Waals surface area contributed by atoms with Crippen molar-refractivity contribution in [1.29, 1.82) is 0 Å². The van der Waals surface area contributed by atoms with Gasteiger partial charge in [-0.2, -0.15) is 11.8 Å². The van der Waals surface area contributed by atoms with E-state index in [4.69, 9.17) is 0 Å². The van der Waals surface area contributed by atoms with Crippen molar-refractivity contribution < 1.29 is 5.11 Å². The van der Waals surface area contributed by atoms with Crippen LogP contribution in [-0.4, -0.2) is 34.2 Å². The second-order valence-corrected chi connectivity index (χ2v) is 6.48. The van der Waals surface area contributed by atoms with Crippen LogP contribution in [0.1, 0.15) is 12.5 Å². The molecule has 0 bridgehead atoms. The van der Waals surface area contributed by atoms with Gasteiger partial charge >= 0.3 is 0 Å². The molecule has 1 aliphatic rings. The molecule has 1 saturated heterocycles. The van der Waals surface area contributed by atoms with Crippen molar-refractivity contribution in [2.24, 2.45) is 0 Å². The minimum absolute atomic E-state index is 0.0417. The number of hydrogen-bond acceptors (Lipinski definition) is 4. The Labute approximate surface area is 117 Å². The maximum Gasteiger partial charge on any atom is 0.136 e. The Morgan fingerprint density at radius 3 is 2.89 bits per heavy atom. The Morgan fingerprint density at radius 2 is 2.16 bits per heavy atom. The standard InChI is InChI=1S/C15H18N2OS/c1-11-9-17(6-7-19-11)15-14-5-3-2-4-13(14)12(10-18)8-16-15/h2-5,8,11,18H,6-7,9-10H2,1H3. The highest BCUT2D eigenvalue weighted by atomic mass is 32.2. The van der Waals surface area contributed by atoms with E-state index in [1.807, 2.05) is 30.1 Å². The zero-order valence-electron chi connectivity index (χ0n) is 11.0. The summed E-state index contributed by atoms with van der Waals surface area (Å²) in [4.78, 5) is 6.96. The van der Waals surface area contributed by atoms with E-state index in [2.05, 4.69) is 28.9 Å². The molecule has 19 heavy (non-hydrogen) atoms. The van der Waals surface area contributed by atoms with Gasteiger partial charge in [-0.25, -0.2) is 4.98 Å². The highest BCUT2D eigenvalue weighted by Gasteiger charge is 2.20. The van der Waals surface area contributed by atoms with Gasteiger partial charge in [0.05, 0.1) is 6.61 Å². The van der Waals surface area contributed by atoms with E-state index in [0.717, 1.165) is 41.0 Å². The van der Waals surface area contributed by atoms with Gasteiger partial charge < -0.3 is 10.0 Å². The predicted molar refractivity (Wildman–Crippen MR) is 81.8 cm³/mol. The van der Waals surface area contributed by atoms with Gasteiger partial charge in [0.25, 0.3) is 0 Å². The molecule has 100 valence electrons. The van der Waals surface area contributed by atoms with Gasteiger partial charge in [-0.15, -0.1) is 0 Å². The molecule has 0 saturated carbocycles. The molecule has 1 unspecified atom stereocenters. The Balaban J connectivity index is 2.09. The zero-order valence-corrected chi connectivity index (χ0v) is 11.9. The highest BCUT2D eigenvalue weighted by molar-refractivity contribution is 8.00. The van der Waals surface area contributed by atoms with Crippen molar-refractivity contribution in [3.05, 3.63) is 36.0 Å². The Kier molecular flexibility index (Phi) is 3.62. The van der Waals surface area contributed by atoms with Crippen LogP contribution in [-0.2, 0) is 6.61 Å². The van der Waals surface area contributed by atoms with E-state index in [-0.39, 0.29) is 6.61 Å². The SMILES string of the molecule is CC1CN(c2ncc(CO)c3ccccc23)CCS1. The van der Waals surface area contributed by atoms with Gasteiger partial charge in [-0.05, 0) is 5.39 Å². The molecular weight excluding hydrogens is 256 g/mol. The van der Waals surface area contributed by atoms with Crippen molar-refractivity contribution in [3.63, 3.8) is 0 Å². The zero-order chi connectivity index (χ0) is 13.2. The van der Waals surface area contributed by atoms with Gasteiger partial charge in [0.15, 0.2) is 0 Å². The van der Waals surface area contributed by atoms with E-state index < -0.39 is 0 Å². The summed E-state index contributed by atoms with van der Waals surface area (Å²) in [6.07, 6.45) is 1.81. The first-order chi connectivity index (χ1) is 9.29. The maximum atomic E-state index is 9.42. The molecule has 0 spiro atoms. The quantitative estimate of drug-likeness (QED) is 0.913. The van der Waals surface area contributed by atoms with Gasteiger partial charge in [-0.3, -0.25) is 0 Å². The van der Waals surface area contributed by atoms with Crippen LogP contribution < -0.4 is 4.90 Å². The lowest BCUT2D eigenvalue weighted by molar-refractivity contribution is 0.283. The molecule has 1 N–H and O–H groups in total. The molecule has 1 aromatic carbocycles. The summed E-state index contributed by atoms with van der Waals surface area (Å²) in [5.74, 6) is 2.21. The lowest BCUT2D eigenvalue weighted by atomic mass is 10.1. The number of rotatable bonds is 2. The number of pyridine rings is 1. The number of aliphatic hydroxyl groups is 1. The summed E-state index contributed by atoms with van der Waals surface area (Å²) in [7, 11) is 0. The van der Waals surface area contributed by atoms with Crippen molar-refractivity contribution in [2.75, 3.05) is 23.7 Å². The largest absolute Gasteiger partial charge is 0.392 e. The van der Waals surface area contributed by atoms with Gasteiger partial charge in [0.2, 0.25) is 0 Å². The Morgan fingerprint density at radius 1 is 1.37 bits per heavy atom. The first-order valence-corrected chi connectivity index (χ1v) is 7.68. The fourth-order valence-corrected chi connectivity index (χ4v) is 3.64. The van der Waals surface area contributed by atoms with Crippen LogP contribution in [0, 0.1) is 0 Å². The number of hydrogen-bond donors (Lipinski definition) is 1. The molecule has 3 nitrogen and oxygen atoms in total. The van der Waals surface area contributed by atoms with Crippen molar-refractivity contribution >= 4 is 28.4 Å². The van der Waals surface area contributed by atoms with Crippen LogP contribution in [0.2, 0.25) is 0 Å². The first-order valence-electron chi connectivity index (χ1n) is 6.63. The third-order valence-corrected chi connectivity index (χ3v) is 4.70. The molecular formula is C15H18N2OS. The molecule has 1 aliphatic heterocycles. The van der Waals surface area contributed by atoms with Crippen LogP contribution in [0.5, 0.6) is 0 Å². The number of aliphatic hydroxyl groups excluding tert-OH is 1. The van der Waals surface area contributed by atoms with E-state index in [0.29, 0.717) is 5.25 Å². The number of fused-ring (bicyclic) bond motifs is 1. The van der Waals surface area contributed by atoms with Crippen LogP contribution in [0.4, 0.5) is 5.82 Å². The maximum absolute atomic E-state index is 9.42. The summed E-state index contributed by atoms with van der Waals surface area (Å²) >= 11 is 2.02. The number of thioether (sulfide) groups is 1. The average Bonchev–Trinajstić information content (AvgIpc) is 2.46. The highest BCUT2D eigenvalue weighted by Crippen LogP contribution is 2.30. The van der Waals surface area contributed by atoms with E-state index in [9.17, 15) is 5.11 Å². The fourth-order valence-electron chi connectivity index (χ4n) is 2.63. The topological polar surface area (TPSA) is 36.4 Å². The fraction of sp³-hybridized carbons (Fsp3) is 0.400. The summed E-state index contributed by atoms with van der Waals surface area (Å²) < 4.78 is 0. The van der Waals surface area contributed by atoms with Crippen molar-refractivity contribution in [2.45, 2.75) is 18.8 Å². The van der Waals surface area contributed by atoms with E-state index in [1.54, 1.807) is 0 Å². The average molecular weight is 274 g/mol. The molecule has 1 atom stereocenters. The predicted octanol–water partition coefficient (Wildman–Crippen LogP) is 2.67. The second kappa shape index (κ2) is 5.39. The molecule has 1 fully saturated rings. The van der Waals surface area contributed by atoms with E-state index >= 15 is 0 Å². The summed E-state index contributed by atoms with van der Waals surface area (Å²) in [5, 5.41) is 12.3. The Hall–Kier alpha value is -1.26. The lowest BCUT2D eigenvalue weighted by Gasteiger charge is -2.32. The number of benzene rings is 1. The van der Waals surface area contributed by atoms with Gasteiger partial charge in [-0.1, -0.05) is 31.2 Å². The summed E-state index contributed by atoms with van der Waals surface area (Å²) in [5.41, 5.74) is 0.902. The molecule has 2 heterocycles. The molecule has 2 aromatic rings. The van der Waals surface area contributed by atoms with E-state index in [1.165, 1.54) is 0 Å². The first kappa shape index (κ1) is 12.8. The smallest absolute Gasteiger partial charge is 0.136 e. The van der Waals surface area contributed by atoms with Crippen molar-refractivity contribution in [3.8, 4) is 0 Å². The monoisotopic (exact) mass is 274 g/mol. The van der Waals surface area contributed by atoms with Crippen molar-refractivity contribution in [1.82, 2.24) is 4.98 Å². The number of anilines is 1. The normalized spacial score (nSPS) is 19.9. The minimum Gasteiger partial charge on any atom is -0.392 e. The third-order valence-electron chi connectivity index (χ3n) is 3.57. The third kappa shape index (κ3) is 2.42. The lowest BCUT2D eigenvalue weighted by Crippen LogP contribution is -2.37. The number of nitrogens with zero attached hydrogens (tertiary/aromatic N) is 2. The Bertz CT molecular complexity index is 587. The van der Waals surface area contributed by atoms with Crippen LogP contribution >= 0.6 is 11.8 Å². The molecule has 0 aliphatic carbocycles. The second-order valence-electron chi connectivity index (χ2n) is 4.94. The minimum atomic E-state index is 0.0417. The number of aromatic nitrogens is 1. The molecule has 3 rings (SSSR count). The van der Waals surface area contributed by atoms with Gasteiger partial charge in [0, 0.05) is 41.2 Å². The molecule has 4 heteroatoms. The molecule has 0 radical (unpaired) electrons.